The van der Waals surface area contributed by atoms with E-state index in [0.717, 1.165) is 63.4 Å². The largest absolute Gasteiger partial charge is 0.444 e. The van der Waals surface area contributed by atoms with Gasteiger partial charge in [0.2, 0.25) is 11.8 Å². The van der Waals surface area contributed by atoms with Gasteiger partial charge in [0.1, 0.15) is 17.7 Å². The van der Waals surface area contributed by atoms with Crippen molar-refractivity contribution in [2.45, 2.75) is 129 Å². The van der Waals surface area contributed by atoms with Crippen LogP contribution in [0, 0.1) is 6.92 Å². The third-order valence-corrected chi connectivity index (χ3v) is 7.11. The molecule has 1 aliphatic carbocycles. The fourth-order valence-corrected chi connectivity index (χ4v) is 5.01. The lowest BCUT2D eigenvalue weighted by atomic mass is 9.94. The minimum Gasteiger partial charge on any atom is -0.444 e. The molecule has 0 heterocycles. The Kier molecular flexibility index (Phi) is 13.8. The van der Waals surface area contributed by atoms with Gasteiger partial charge in [-0.05, 0) is 52.5 Å². The van der Waals surface area contributed by atoms with Crippen LogP contribution >= 0.6 is 0 Å². The second kappa shape index (κ2) is 16.5. The van der Waals surface area contributed by atoms with Gasteiger partial charge in [0.05, 0.1) is 6.61 Å². The minimum atomic E-state index is -1.23. The van der Waals surface area contributed by atoms with Crippen LogP contribution in [-0.4, -0.2) is 58.8 Å². The maximum Gasteiger partial charge on any atom is 0.408 e. The third kappa shape index (κ3) is 11.6. The van der Waals surface area contributed by atoms with Crippen LogP contribution in [-0.2, 0) is 14.3 Å². The van der Waals surface area contributed by atoms with E-state index in [2.05, 4.69) is 17.6 Å². The Morgan fingerprint density at radius 1 is 1.00 bits per heavy atom. The van der Waals surface area contributed by atoms with E-state index in [-0.39, 0.29) is 11.9 Å². The summed E-state index contributed by atoms with van der Waals surface area (Å²) in [6.07, 6.45) is 10.6. The molecule has 0 spiro atoms. The number of unbranched alkanes of at least 4 members (excludes halogenated alkanes) is 5. The average Bonchev–Trinajstić information content (AvgIpc) is 2.88. The monoisotopic (exact) mass is 545 g/mol. The van der Waals surface area contributed by atoms with Gasteiger partial charge < -0.3 is 25.4 Å². The molecule has 2 unspecified atom stereocenters. The average molecular weight is 546 g/mol. The van der Waals surface area contributed by atoms with Gasteiger partial charge in [0.25, 0.3) is 0 Å². The number of carbonyl (C=O) groups excluding carboxylic acids is 3. The molecule has 8 nitrogen and oxygen atoms in total. The van der Waals surface area contributed by atoms with Crippen molar-refractivity contribution in [2.24, 2.45) is 0 Å². The third-order valence-electron chi connectivity index (χ3n) is 7.11. The number of nitrogens with zero attached hydrogens (tertiary/aromatic N) is 1. The fourth-order valence-electron chi connectivity index (χ4n) is 5.01. The van der Waals surface area contributed by atoms with Crippen molar-refractivity contribution in [1.29, 1.82) is 0 Å². The van der Waals surface area contributed by atoms with Gasteiger partial charge in [-0.2, -0.15) is 0 Å². The maximum absolute atomic E-state index is 13.9. The van der Waals surface area contributed by atoms with Crippen molar-refractivity contribution < 1.29 is 24.2 Å². The molecule has 8 heteroatoms. The first-order valence-corrected chi connectivity index (χ1v) is 14.8. The zero-order chi connectivity index (χ0) is 28.8. The van der Waals surface area contributed by atoms with Crippen LogP contribution in [0.15, 0.2) is 24.3 Å². The molecule has 39 heavy (non-hydrogen) atoms. The van der Waals surface area contributed by atoms with Crippen molar-refractivity contribution in [3.63, 3.8) is 0 Å². The van der Waals surface area contributed by atoms with E-state index < -0.39 is 36.3 Å². The Labute approximate surface area is 235 Å². The van der Waals surface area contributed by atoms with Crippen molar-refractivity contribution in [3.05, 3.63) is 35.4 Å². The predicted molar refractivity (Wildman–Crippen MR) is 154 cm³/mol. The number of aryl methyl sites for hydroxylation is 1. The Bertz CT molecular complexity index is 890. The summed E-state index contributed by atoms with van der Waals surface area (Å²) in [5.41, 5.74) is 1.01. The molecule has 0 saturated heterocycles. The van der Waals surface area contributed by atoms with Gasteiger partial charge in [0.15, 0.2) is 0 Å². The Hall–Kier alpha value is -2.61. The number of amides is 3. The highest BCUT2D eigenvalue weighted by atomic mass is 16.6. The van der Waals surface area contributed by atoms with Gasteiger partial charge >= 0.3 is 6.09 Å². The first kappa shape index (κ1) is 32.6. The molecule has 0 bridgehead atoms. The van der Waals surface area contributed by atoms with E-state index in [1.54, 1.807) is 25.7 Å². The number of hydrogen-bond donors (Lipinski definition) is 3. The summed E-state index contributed by atoms with van der Waals surface area (Å²) < 4.78 is 5.33. The highest BCUT2D eigenvalue weighted by Gasteiger charge is 2.36. The summed E-state index contributed by atoms with van der Waals surface area (Å²) >= 11 is 0. The second-order valence-electron chi connectivity index (χ2n) is 11.8. The zero-order valence-corrected chi connectivity index (χ0v) is 24.8. The van der Waals surface area contributed by atoms with Gasteiger partial charge in [-0.25, -0.2) is 4.79 Å². The molecule has 1 aromatic carbocycles. The van der Waals surface area contributed by atoms with Crippen LogP contribution < -0.4 is 10.6 Å². The molecule has 1 aliphatic rings. The first-order chi connectivity index (χ1) is 18.6. The topological polar surface area (TPSA) is 108 Å². The number of aliphatic hydroxyl groups is 1. The zero-order valence-electron chi connectivity index (χ0n) is 24.8. The molecule has 3 amide bonds. The first-order valence-electron chi connectivity index (χ1n) is 14.8. The van der Waals surface area contributed by atoms with Gasteiger partial charge in [-0.3, -0.25) is 9.59 Å². The van der Waals surface area contributed by atoms with Crippen molar-refractivity contribution in [1.82, 2.24) is 15.5 Å². The standard InChI is InChI=1S/C31H51N3O5/c1-6-7-8-9-10-14-21-34(29(37)26(22-35)33-30(38)39-31(3,4)5)27(24-19-17-23(2)18-20-24)28(36)32-25-15-12-11-13-16-25/h17-20,25-27,35H,6-16,21-22H2,1-5H3,(H,32,36)(H,33,38). The van der Waals surface area contributed by atoms with Gasteiger partial charge in [0, 0.05) is 12.6 Å². The van der Waals surface area contributed by atoms with Gasteiger partial charge in [-0.1, -0.05) is 88.1 Å². The van der Waals surface area contributed by atoms with Crippen molar-refractivity contribution in [2.75, 3.05) is 13.2 Å². The molecule has 2 atom stereocenters. The molecule has 220 valence electrons. The number of carbonyl (C=O) groups is 3. The van der Waals surface area contributed by atoms with E-state index in [1.165, 1.54) is 12.8 Å². The number of rotatable bonds is 14. The molecule has 3 N–H and O–H groups in total. The van der Waals surface area contributed by atoms with Crippen LogP contribution in [0.25, 0.3) is 0 Å². The molecular weight excluding hydrogens is 494 g/mol. The Morgan fingerprint density at radius 3 is 2.21 bits per heavy atom. The minimum absolute atomic E-state index is 0.0821. The molecule has 0 aromatic heterocycles. The van der Waals surface area contributed by atoms with E-state index >= 15 is 0 Å². The van der Waals surface area contributed by atoms with Crippen LogP contribution in [0.1, 0.15) is 115 Å². The lowest BCUT2D eigenvalue weighted by molar-refractivity contribution is -0.143. The highest BCUT2D eigenvalue weighted by molar-refractivity contribution is 5.92. The quantitative estimate of drug-likeness (QED) is 0.265. The van der Waals surface area contributed by atoms with Crippen molar-refractivity contribution in [3.8, 4) is 0 Å². The summed E-state index contributed by atoms with van der Waals surface area (Å²) in [5.74, 6) is -0.722. The number of alkyl carbamates (subject to hydrolysis) is 1. The highest BCUT2D eigenvalue weighted by Crippen LogP contribution is 2.26. The molecule has 1 aromatic rings. The molecule has 1 fully saturated rings. The SMILES string of the molecule is CCCCCCCCN(C(=O)C(CO)NC(=O)OC(C)(C)C)C(C(=O)NC1CCCCC1)c1ccc(C)cc1. The number of ether oxygens (including phenoxy) is 1. The summed E-state index contributed by atoms with van der Waals surface area (Å²) in [7, 11) is 0. The van der Waals surface area contributed by atoms with Crippen LogP contribution in [0.2, 0.25) is 0 Å². The Morgan fingerprint density at radius 2 is 1.62 bits per heavy atom. The smallest absolute Gasteiger partial charge is 0.408 e. The van der Waals surface area contributed by atoms with E-state index in [0.29, 0.717) is 12.1 Å². The number of nitrogens with one attached hydrogen (secondary N) is 2. The molecule has 2 rings (SSSR count). The number of hydrogen-bond acceptors (Lipinski definition) is 5. The molecule has 1 saturated carbocycles. The van der Waals surface area contributed by atoms with Crippen molar-refractivity contribution >= 4 is 17.9 Å². The predicted octanol–water partition coefficient (Wildman–Crippen LogP) is 5.56. The number of benzene rings is 1. The van der Waals surface area contributed by atoms with Gasteiger partial charge in [-0.15, -0.1) is 0 Å². The van der Waals surface area contributed by atoms with Crippen LogP contribution in [0.5, 0.6) is 0 Å². The summed E-state index contributed by atoms with van der Waals surface area (Å²) in [5, 5.41) is 15.9. The maximum atomic E-state index is 13.9. The van der Waals surface area contributed by atoms with Crippen LogP contribution in [0.4, 0.5) is 4.79 Å². The molecule has 0 aliphatic heterocycles. The Balaban J connectivity index is 2.35. The summed E-state index contributed by atoms with van der Waals surface area (Å²) in [6, 6.07) is 5.63. The lowest BCUT2D eigenvalue weighted by Gasteiger charge is -2.35. The molecule has 0 radical (unpaired) electrons. The van der Waals surface area contributed by atoms with E-state index in [9.17, 15) is 19.5 Å². The van der Waals surface area contributed by atoms with E-state index in [4.69, 9.17) is 4.74 Å². The van der Waals surface area contributed by atoms with Crippen LogP contribution in [0.3, 0.4) is 0 Å². The molecular formula is C31H51N3O5. The number of aliphatic hydroxyl groups excluding tert-OH is 1. The summed E-state index contributed by atoms with van der Waals surface area (Å²) in [4.78, 5) is 41.8. The lowest BCUT2D eigenvalue weighted by Crippen LogP contribution is -2.55. The fraction of sp³-hybridized carbons (Fsp3) is 0.710. The second-order valence-corrected chi connectivity index (χ2v) is 11.8. The normalized spacial score (nSPS) is 15.7. The summed E-state index contributed by atoms with van der Waals surface area (Å²) in [6.45, 7) is 9.09. The van der Waals surface area contributed by atoms with E-state index in [1.807, 2.05) is 31.2 Å².